The van der Waals surface area contributed by atoms with Crippen LogP contribution in [0.5, 0.6) is 0 Å². The molecule has 5 heteroatoms. The predicted molar refractivity (Wildman–Crippen MR) is 32.9 cm³/mol. The molecule has 2 atom stereocenters. The van der Waals surface area contributed by atoms with E-state index in [1.165, 1.54) is 0 Å². The van der Waals surface area contributed by atoms with Crippen molar-refractivity contribution < 1.29 is 13.6 Å². The van der Waals surface area contributed by atoms with Crippen LogP contribution in [0.1, 0.15) is 13.3 Å². The van der Waals surface area contributed by atoms with Gasteiger partial charge in [-0.1, -0.05) is 0 Å². The SMILES string of the molecule is CC1CCOP(N)(=O)O1. The van der Waals surface area contributed by atoms with Gasteiger partial charge in [0, 0.05) is 0 Å². The summed E-state index contributed by atoms with van der Waals surface area (Å²) in [5.74, 6) is 0. The minimum Gasteiger partial charge on any atom is -0.297 e. The molecule has 1 aliphatic rings. The predicted octanol–water partition coefficient (Wildman–Crippen LogP) is 0.879. The summed E-state index contributed by atoms with van der Waals surface area (Å²) in [5.41, 5.74) is 5.08. The second kappa shape index (κ2) is 2.39. The largest absolute Gasteiger partial charge is 0.403 e. The molecule has 0 aromatic rings. The van der Waals surface area contributed by atoms with Crippen molar-refractivity contribution in [1.82, 2.24) is 0 Å². The number of nitrogens with two attached hydrogens (primary N) is 1. The van der Waals surface area contributed by atoms with E-state index in [9.17, 15) is 4.57 Å². The van der Waals surface area contributed by atoms with Crippen molar-refractivity contribution in [2.24, 2.45) is 5.50 Å². The molecule has 0 aliphatic carbocycles. The van der Waals surface area contributed by atoms with E-state index in [0.29, 0.717) is 6.61 Å². The summed E-state index contributed by atoms with van der Waals surface area (Å²) in [6.45, 7) is 2.26. The van der Waals surface area contributed by atoms with Gasteiger partial charge in [0.1, 0.15) is 0 Å². The molecule has 1 aliphatic heterocycles. The summed E-state index contributed by atoms with van der Waals surface area (Å²) < 4.78 is 20.2. The molecule has 2 N–H and O–H groups in total. The monoisotopic (exact) mass is 151 g/mol. The average molecular weight is 151 g/mol. The van der Waals surface area contributed by atoms with Crippen LogP contribution in [0.3, 0.4) is 0 Å². The van der Waals surface area contributed by atoms with Gasteiger partial charge in [0.05, 0.1) is 12.7 Å². The lowest BCUT2D eigenvalue weighted by Crippen LogP contribution is -2.20. The highest BCUT2D eigenvalue weighted by molar-refractivity contribution is 7.51. The normalized spacial score (nSPS) is 44.9. The van der Waals surface area contributed by atoms with E-state index < -0.39 is 7.75 Å². The summed E-state index contributed by atoms with van der Waals surface area (Å²) in [6, 6.07) is 0. The Bertz CT molecular complexity index is 149. The van der Waals surface area contributed by atoms with E-state index in [0.717, 1.165) is 6.42 Å². The molecule has 0 amide bonds. The molecule has 54 valence electrons. The molecule has 0 spiro atoms. The molecule has 1 fully saturated rings. The standard InChI is InChI=1S/C4H10NO3P/c1-4-2-3-7-9(5,6)8-4/h4H,2-3H2,1H3,(H2,5,6). The van der Waals surface area contributed by atoms with E-state index in [1.54, 1.807) is 0 Å². The highest BCUT2D eigenvalue weighted by Gasteiger charge is 2.26. The Morgan fingerprint density at radius 2 is 2.44 bits per heavy atom. The number of hydrogen-bond donors (Lipinski definition) is 1. The van der Waals surface area contributed by atoms with Gasteiger partial charge < -0.3 is 0 Å². The Kier molecular flexibility index (Phi) is 1.91. The zero-order chi connectivity index (χ0) is 6.91. The average Bonchev–Trinajstić information content (AvgIpc) is 1.60. The third kappa shape index (κ3) is 2.06. The van der Waals surface area contributed by atoms with Crippen LogP contribution in [-0.2, 0) is 13.6 Å². The van der Waals surface area contributed by atoms with Gasteiger partial charge in [0.15, 0.2) is 0 Å². The summed E-state index contributed by atoms with van der Waals surface area (Å²) in [4.78, 5) is 0. The second-order valence-electron chi connectivity index (χ2n) is 2.08. The molecule has 0 aromatic heterocycles. The molecule has 2 unspecified atom stereocenters. The maximum Gasteiger partial charge on any atom is 0.403 e. The van der Waals surface area contributed by atoms with Gasteiger partial charge in [-0.2, -0.15) is 0 Å². The second-order valence-corrected chi connectivity index (χ2v) is 3.63. The van der Waals surface area contributed by atoms with Crippen molar-refractivity contribution in [3.63, 3.8) is 0 Å². The van der Waals surface area contributed by atoms with Gasteiger partial charge in [-0.05, 0) is 13.3 Å². The van der Waals surface area contributed by atoms with Crippen LogP contribution >= 0.6 is 7.75 Å². The lowest BCUT2D eigenvalue weighted by molar-refractivity contribution is 0.0926. The van der Waals surface area contributed by atoms with E-state index in [-0.39, 0.29) is 6.10 Å². The number of rotatable bonds is 0. The van der Waals surface area contributed by atoms with Gasteiger partial charge >= 0.3 is 7.75 Å². The molecule has 0 radical (unpaired) electrons. The first-order valence-corrected chi connectivity index (χ1v) is 4.43. The van der Waals surface area contributed by atoms with Gasteiger partial charge in [-0.25, -0.2) is 10.1 Å². The van der Waals surface area contributed by atoms with Crippen LogP contribution in [0.4, 0.5) is 0 Å². The van der Waals surface area contributed by atoms with Crippen LogP contribution in [0, 0.1) is 0 Å². The Balaban J connectivity index is 2.51. The van der Waals surface area contributed by atoms with Crippen LogP contribution < -0.4 is 5.50 Å². The number of hydrogen-bond acceptors (Lipinski definition) is 3. The smallest absolute Gasteiger partial charge is 0.297 e. The molecule has 1 saturated heterocycles. The zero-order valence-electron chi connectivity index (χ0n) is 5.24. The maximum absolute atomic E-state index is 10.8. The van der Waals surface area contributed by atoms with E-state index in [1.807, 2.05) is 6.92 Å². The molecule has 1 heterocycles. The first kappa shape index (κ1) is 7.22. The third-order valence-electron chi connectivity index (χ3n) is 1.12. The van der Waals surface area contributed by atoms with Crippen molar-refractivity contribution in [1.29, 1.82) is 0 Å². The van der Waals surface area contributed by atoms with Crippen LogP contribution in [0.15, 0.2) is 0 Å². The molecule has 0 bridgehead atoms. The van der Waals surface area contributed by atoms with Crippen molar-refractivity contribution in [3.8, 4) is 0 Å². The Morgan fingerprint density at radius 1 is 1.78 bits per heavy atom. The van der Waals surface area contributed by atoms with E-state index >= 15 is 0 Å². The van der Waals surface area contributed by atoms with E-state index in [4.69, 9.17) is 10.0 Å². The lowest BCUT2D eigenvalue weighted by Gasteiger charge is -2.23. The molecule has 4 nitrogen and oxygen atoms in total. The highest BCUT2D eigenvalue weighted by atomic mass is 31.2. The summed E-state index contributed by atoms with van der Waals surface area (Å²) in [5, 5.41) is 0. The molecular weight excluding hydrogens is 141 g/mol. The summed E-state index contributed by atoms with van der Waals surface area (Å²) >= 11 is 0. The van der Waals surface area contributed by atoms with Gasteiger partial charge in [0.2, 0.25) is 0 Å². The van der Waals surface area contributed by atoms with Crippen molar-refractivity contribution in [2.45, 2.75) is 19.4 Å². The molecular formula is C4H10NO3P. The van der Waals surface area contributed by atoms with Crippen LogP contribution in [-0.4, -0.2) is 12.7 Å². The molecule has 0 saturated carbocycles. The fourth-order valence-electron chi connectivity index (χ4n) is 0.680. The topological polar surface area (TPSA) is 61.5 Å². The molecule has 0 aromatic carbocycles. The van der Waals surface area contributed by atoms with Crippen LogP contribution in [0.2, 0.25) is 0 Å². The van der Waals surface area contributed by atoms with Gasteiger partial charge in [-0.3, -0.25) is 9.05 Å². The Morgan fingerprint density at radius 3 is 2.78 bits per heavy atom. The minimum absolute atomic E-state index is 0.0328. The van der Waals surface area contributed by atoms with E-state index in [2.05, 4.69) is 4.52 Å². The Labute approximate surface area is 53.9 Å². The lowest BCUT2D eigenvalue weighted by atomic mass is 10.3. The molecule has 1 rings (SSSR count). The van der Waals surface area contributed by atoms with Gasteiger partial charge in [0.25, 0.3) is 0 Å². The fourth-order valence-corrected chi connectivity index (χ4v) is 1.71. The van der Waals surface area contributed by atoms with Crippen molar-refractivity contribution >= 4 is 7.75 Å². The first-order valence-electron chi connectivity index (χ1n) is 2.82. The Hall–Kier alpha value is 0.110. The quantitative estimate of drug-likeness (QED) is 0.522. The first-order chi connectivity index (χ1) is 4.10. The zero-order valence-corrected chi connectivity index (χ0v) is 6.14. The van der Waals surface area contributed by atoms with Gasteiger partial charge in [-0.15, -0.1) is 0 Å². The third-order valence-corrected chi connectivity index (χ3v) is 2.32. The summed E-state index contributed by atoms with van der Waals surface area (Å²) in [6.07, 6.45) is 0.732. The maximum atomic E-state index is 10.8. The van der Waals surface area contributed by atoms with Crippen molar-refractivity contribution in [3.05, 3.63) is 0 Å². The fraction of sp³-hybridized carbons (Fsp3) is 1.00. The minimum atomic E-state index is -3.14. The van der Waals surface area contributed by atoms with Crippen molar-refractivity contribution in [2.75, 3.05) is 6.61 Å². The molecule has 9 heavy (non-hydrogen) atoms. The summed E-state index contributed by atoms with van der Waals surface area (Å²) in [7, 11) is -3.14. The van der Waals surface area contributed by atoms with Crippen LogP contribution in [0.25, 0.3) is 0 Å². The highest BCUT2D eigenvalue weighted by Crippen LogP contribution is 2.44.